The van der Waals surface area contributed by atoms with Gasteiger partial charge in [-0.05, 0) is 66.4 Å². The van der Waals surface area contributed by atoms with E-state index in [4.69, 9.17) is 0 Å². The molecule has 0 aliphatic rings. The quantitative estimate of drug-likeness (QED) is 0.186. The molecule has 0 aliphatic carbocycles. The van der Waals surface area contributed by atoms with Gasteiger partial charge < -0.3 is 0 Å². The molecule has 0 N–H and O–H groups in total. The van der Waals surface area contributed by atoms with Gasteiger partial charge in [0.25, 0.3) is 0 Å². The molecule has 31 heavy (non-hydrogen) atoms. The van der Waals surface area contributed by atoms with Crippen LogP contribution in [0, 0.1) is 11.8 Å². The minimum Gasteiger partial charge on any atom is -0.0651 e. The van der Waals surface area contributed by atoms with E-state index >= 15 is 0 Å². The highest BCUT2D eigenvalue weighted by Gasteiger charge is 2.29. The molecule has 0 aromatic heterocycles. The van der Waals surface area contributed by atoms with Crippen molar-refractivity contribution in [3.8, 4) is 0 Å². The first-order chi connectivity index (χ1) is 15.2. The average molecular weight is 407 g/mol. The summed E-state index contributed by atoms with van der Waals surface area (Å²) in [5.74, 6) is 2.06. The topological polar surface area (TPSA) is 0 Å². The van der Waals surface area contributed by atoms with Gasteiger partial charge in [-0.15, -0.1) is 0 Å². The van der Waals surface area contributed by atoms with Crippen molar-refractivity contribution in [3.63, 3.8) is 0 Å². The number of hydrogen-bond acceptors (Lipinski definition) is 0. The van der Waals surface area contributed by atoms with Gasteiger partial charge in [-0.25, -0.2) is 0 Å². The van der Waals surface area contributed by atoms with Gasteiger partial charge >= 0.3 is 0 Å². The van der Waals surface area contributed by atoms with E-state index in [0.717, 1.165) is 11.8 Å². The summed E-state index contributed by atoms with van der Waals surface area (Å²) in [6.07, 6.45) is 4.99. The Hall–Kier alpha value is -2.60. The summed E-state index contributed by atoms with van der Waals surface area (Å²) >= 11 is 0. The van der Waals surface area contributed by atoms with Gasteiger partial charge in [-0.1, -0.05) is 120 Å². The fourth-order valence-electron chi connectivity index (χ4n) is 6.45. The average Bonchev–Trinajstić information content (AvgIpc) is 2.82. The molecule has 0 heterocycles. The highest BCUT2D eigenvalue weighted by atomic mass is 14.3. The second kappa shape index (κ2) is 8.15. The van der Waals surface area contributed by atoms with Crippen LogP contribution >= 0.6 is 0 Å². The normalized spacial score (nSPS) is 12.6. The third kappa shape index (κ3) is 3.03. The van der Waals surface area contributed by atoms with Crippen molar-refractivity contribution in [2.75, 3.05) is 0 Å². The van der Waals surface area contributed by atoms with Crippen LogP contribution in [0.25, 0.3) is 43.1 Å². The zero-order valence-electron chi connectivity index (χ0n) is 19.4. The van der Waals surface area contributed by atoms with E-state index in [0.29, 0.717) is 5.92 Å². The lowest BCUT2D eigenvalue weighted by molar-refractivity contribution is 0.280. The Labute approximate surface area is 186 Å². The molecule has 0 amide bonds. The van der Waals surface area contributed by atoms with E-state index in [-0.39, 0.29) is 0 Å². The van der Waals surface area contributed by atoms with Crippen LogP contribution in [0.3, 0.4) is 0 Å². The molecule has 0 radical (unpaired) electrons. The van der Waals surface area contributed by atoms with Crippen LogP contribution in [0.5, 0.6) is 0 Å². The zero-order chi connectivity index (χ0) is 21.5. The predicted molar refractivity (Wildman–Crippen MR) is 139 cm³/mol. The third-order valence-corrected chi connectivity index (χ3v) is 8.01. The Morgan fingerprint density at radius 1 is 0.484 bits per heavy atom. The van der Waals surface area contributed by atoms with Crippen molar-refractivity contribution < 1.29 is 0 Å². The minimum absolute atomic E-state index is 0.609. The van der Waals surface area contributed by atoms with Crippen molar-refractivity contribution in [2.24, 2.45) is 11.8 Å². The summed E-state index contributed by atoms with van der Waals surface area (Å²) in [7, 11) is 0. The Kier molecular flexibility index (Phi) is 5.34. The van der Waals surface area contributed by atoms with Crippen LogP contribution < -0.4 is 0 Å². The molecule has 5 rings (SSSR count). The first-order valence-electron chi connectivity index (χ1n) is 12.3. The summed E-state index contributed by atoms with van der Waals surface area (Å²) < 4.78 is 0. The zero-order valence-corrected chi connectivity index (χ0v) is 19.4. The molecule has 0 aliphatic heterocycles. The lowest BCUT2D eigenvalue weighted by Gasteiger charge is -2.34. The molecular weight excluding hydrogens is 372 g/mol. The van der Waals surface area contributed by atoms with Gasteiger partial charge in [0.05, 0.1) is 0 Å². The number of benzene rings is 5. The van der Waals surface area contributed by atoms with Gasteiger partial charge in [-0.2, -0.15) is 0 Å². The molecule has 0 nitrogen and oxygen atoms in total. The summed E-state index contributed by atoms with van der Waals surface area (Å²) in [4.78, 5) is 0. The second-order valence-electron chi connectivity index (χ2n) is 9.32. The van der Waals surface area contributed by atoms with Crippen LogP contribution in [-0.2, 0) is 0 Å². The maximum absolute atomic E-state index is 2.48. The largest absolute Gasteiger partial charge is 0.0651 e. The monoisotopic (exact) mass is 406 g/mol. The first kappa shape index (κ1) is 20.3. The Balaban J connectivity index is 1.99. The Bertz CT molecular complexity index is 1320. The van der Waals surface area contributed by atoms with Crippen molar-refractivity contribution in [1.82, 2.24) is 0 Å². The fraction of sp³-hybridized carbons (Fsp3) is 0.355. The maximum Gasteiger partial charge on any atom is -0.00235 e. The highest BCUT2D eigenvalue weighted by molar-refractivity contribution is 6.33. The highest BCUT2D eigenvalue weighted by Crippen LogP contribution is 2.47. The molecule has 0 atom stereocenters. The van der Waals surface area contributed by atoms with Crippen molar-refractivity contribution in [1.29, 1.82) is 0 Å². The molecule has 0 saturated heterocycles. The van der Waals surface area contributed by atoms with Crippen LogP contribution in [0.1, 0.15) is 64.9 Å². The summed E-state index contributed by atoms with van der Waals surface area (Å²) in [6.45, 7) is 9.55. The molecule has 0 saturated carbocycles. The number of rotatable bonds is 7. The van der Waals surface area contributed by atoms with Gasteiger partial charge in [0.1, 0.15) is 0 Å². The SMILES string of the molecule is CCC(CC)C(c1ccc2cccc3c4cccc5cccc(c1c23)c54)C(CC)CC. The van der Waals surface area contributed by atoms with Gasteiger partial charge in [0.15, 0.2) is 0 Å². The molecule has 0 heteroatoms. The summed E-state index contributed by atoms with van der Waals surface area (Å²) in [5.41, 5.74) is 1.59. The van der Waals surface area contributed by atoms with Crippen molar-refractivity contribution >= 4 is 43.1 Å². The lowest BCUT2D eigenvalue weighted by atomic mass is 9.70. The van der Waals surface area contributed by atoms with Crippen molar-refractivity contribution in [2.45, 2.75) is 59.3 Å². The van der Waals surface area contributed by atoms with Crippen LogP contribution in [0.2, 0.25) is 0 Å². The smallest absolute Gasteiger partial charge is 0.00235 e. The summed E-state index contributed by atoms with van der Waals surface area (Å²) in [5, 5.41) is 11.4. The standard InChI is InChI=1S/C31H34/c1-5-20(6-2)28(21(7-3)8-4)27-19-18-23-14-10-16-25-24-15-9-12-22-13-11-17-26(29(22)24)31(27)30(23)25/h9-21,28H,5-8H2,1-4H3. The van der Waals surface area contributed by atoms with Gasteiger partial charge in [-0.3, -0.25) is 0 Å². The lowest BCUT2D eigenvalue weighted by Crippen LogP contribution is -2.21. The van der Waals surface area contributed by atoms with Gasteiger partial charge in [0, 0.05) is 0 Å². The van der Waals surface area contributed by atoms with Crippen LogP contribution in [0.4, 0.5) is 0 Å². The van der Waals surface area contributed by atoms with E-state index in [2.05, 4.69) is 94.4 Å². The Morgan fingerprint density at radius 3 is 1.52 bits per heavy atom. The number of fused-ring (bicyclic) bond motifs is 2. The van der Waals surface area contributed by atoms with Crippen LogP contribution in [-0.4, -0.2) is 0 Å². The molecular formula is C31H34. The fourth-order valence-corrected chi connectivity index (χ4v) is 6.45. The molecule has 0 spiro atoms. The van der Waals surface area contributed by atoms with Crippen LogP contribution in [0.15, 0.2) is 66.7 Å². The molecule has 5 aromatic carbocycles. The number of hydrogen-bond donors (Lipinski definition) is 0. The molecule has 5 aromatic rings. The maximum atomic E-state index is 2.48. The van der Waals surface area contributed by atoms with Crippen molar-refractivity contribution in [3.05, 3.63) is 72.3 Å². The van der Waals surface area contributed by atoms with E-state index in [1.165, 1.54) is 68.8 Å². The summed E-state index contributed by atoms with van der Waals surface area (Å²) in [6, 6.07) is 25.4. The Morgan fingerprint density at radius 2 is 0.968 bits per heavy atom. The molecule has 0 fully saturated rings. The molecule has 0 unspecified atom stereocenters. The molecule has 0 bridgehead atoms. The van der Waals surface area contributed by atoms with E-state index in [1.807, 2.05) is 0 Å². The third-order valence-electron chi connectivity index (χ3n) is 8.01. The van der Waals surface area contributed by atoms with E-state index < -0.39 is 0 Å². The second-order valence-corrected chi connectivity index (χ2v) is 9.32. The minimum atomic E-state index is 0.609. The van der Waals surface area contributed by atoms with E-state index in [1.54, 1.807) is 5.56 Å². The molecule has 158 valence electrons. The van der Waals surface area contributed by atoms with Gasteiger partial charge in [0.2, 0.25) is 0 Å². The first-order valence-corrected chi connectivity index (χ1v) is 12.3. The predicted octanol–water partition coefficient (Wildman–Crippen LogP) is 9.69. The van der Waals surface area contributed by atoms with E-state index in [9.17, 15) is 0 Å².